The maximum absolute atomic E-state index is 12.5. The summed E-state index contributed by atoms with van der Waals surface area (Å²) in [6.45, 7) is 0.887. The minimum atomic E-state index is -0.251. The molecule has 2 amide bonds. The first kappa shape index (κ1) is 21.5. The fourth-order valence-electron chi connectivity index (χ4n) is 3.24. The number of fused-ring (bicyclic) bond motifs is 1. The quantitative estimate of drug-likeness (QED) is 0.573. The number of carbonyl (C=O) groups excluding carboxylic acids is 2. The highest BCUT2D eigenvalue weighted by atomic mass is 35.5. The van der Waals surface area contributed by atoms with E-state index in [1.54, 1.807) is 67.8 Å². The van der Waals surface area contributed by atoms with E-state index in [1.165, 1.54) is 0 Å². The third-order valence-corrected chi connectivity index (χ3v) is 5.08. The van der Waals surface area contributed by atoms with Gasteiger partial charge in [0.25, 0.3) is 5.91 Å². The Morgan fingerprint density at radius 1 is 0.938 bits per heavy atom. The topological polar surface area (TPSA) is 85.9 Å². The lowest BCUT2D eigenvalue weighted by atomic mass is 10.1. The average Bonchev–Trinajstić information content (AvgIpc) is 2.80. The maximum atomic E-state index is 12.5. The molecule has 7 nitrogen and oxygen atoms in total. The van der Waals surface area contributed by atoms with Crippen LogP contribution in [-0.2, 0) is 11.2 Å². The van der Waals surface area contributed by atoms with E-state index in [9.17, 15) is 9.59 Å². The molecule has 0 saturated heterocycles. The van der Waals surface area contributed by atoms with Gasteiger partial charge < -0.3 is 24.8 Å². The molecule has 1 heterocycles. The molecule has 4 rings (SSSR count). The number of rotatable bonds is 6. The van der Waals surface area contributed by atoms with Crippen LogP contribution < -0.4 is 24.8 Å². The third-order valence-electron chi connectivity index (χ3n) is 4.80. The molecule has 0 saturated carbocycles. The van der Waals surface area contributed by atoms with Crippen molar-refractivity contribution < 1.29 is 23.8 Å². The first-order chi connectivity index (χ1) is 15.5. The number of anilines is 2. The van der Waals surface area contributed by atoms with Crippen molar-refractivity contribution in [2.45, 2.75) is 6.42 Å². The summed E-state index contributed by atoms with van der Waals surface area (Å²) in [5.41, 5.74) is 2.43. The first-order valence-electron chi connectivity index (χ1n) is 9.95. The summed E-state index contributed by atoms with van der Waals surface area (Å²) in [7, 11) is 1.58. The second kappa shape index (κ2) is 9.62. The number of hydrogen-bond acceptors (Lipinski definition) is 5. The van der Waals surface area contributed by atoms with Gasteiger partial charge in [0.2, 0.25) is 5.91 Å². The van der Waals surface area contributed by atoms with E-state index in [-0.39, 0.29) is 18.2 Å². The predicted molar refractivity (Wildman–Crippen MR) is 122 cm³/mol. The van der Waals surface area contributed by atoms with Crippen molar-refractivity contribution in [1.82, 2.24) is 0 Å². The number of methoxy groups -OCH3 is 1. The summed E-state index contributed by atoms with van der Waals surface area (Å²) in [5.74, 6) is 1.29. The summed E-state index contributed by atoms with van der Waals surface area (Å²) < 4.78 is 16.1. The molecule has 1 aliphatic heterocycles. The number of nitrogens with one attached hydrogen (secondary N) is 2. The summed E-state index contributed by atoms with van der Waals surface area (Å²) in [4.78, 5) is 24.9. The smallest absolute Gasteiger partial charge is 0.255 e. The first-order valence-corrected chi connectivity index (χ1v) is 10.3. The van der Waals surface area contributed by atoms with Gasteiger partial charge in [-0.2, -0.15) is 0 Å². The molecule has 0 atom stereocenters. The minimum absolute atomic E-state index is 0.121. The summed E-state index contributed by atoms with van der Waals surface area (Å²) in [6, 6.07) is 17.2. The van der Waals surface area contributed by atoms with Crippen molar-refractivity contribution in [2.24, 2.45) is 0 Å². The zero-order valence-electron chi connectivity index (χ0n) is 17.3. The van der Waals surface area contributed by atoms with Gasteiger partial charge in [-0.15, -0.1) is 0 Å². The molecule has 0 spiro atoms. The highest BCUT2D eigenvalue weighted by molar-refractivity contribution is 6.32. The Morgan fingerprint density at radius 3 is 2.31 bits per heavy atom. The molecule has 0 aromatic heterocycles. The lowest BCUT2D eigenvalue weighted by molar-refractivity contribution is -0.115. The van der Waals surface area contributed by atoms with Gasteiger partial charge in [-0.3, -0.25) is 9.59 Å². The molecule has 164 valence electrons. The lowest BCUT2D eigenvalue weighted by Gasteiger charge is -2.20. The molecule has 0 unspecified atom stereocenters. The highest BCUT2D eigenvalue weighted by Crippen LogP contribution is 2.38. The van der Waals surface area contributed by atoms with Crippen LogP contribution in [-0.4, -0.2) is 32.1 Å². The van der Waals surface area contributed by atoms with Crippen LogP contribution in [0.2, 0.25) is 5.02 Å². The van der Waals surface area contributed by atoms with E-state index in [4.69, 9.17) is 25.8 Å². The Balaban J connectivity index is 1.35. The van der Waals surface area contributed by atoms with Crippen molar-refractivity contribution in [3.63, 3.8) is 0 Å². The molecule has 0 bridgehead atoms. The predicted octanol–water partition coefficient (Wildman–Crippen LogP) is 4.55. The summed E-state index contributed by atoms with van der Waals surface area (Å²) in [6.07, 6.45) is 0.121. The van der Waals surface area contributed by atoms with Crippen molar-refractivity contribution in [3.05, 3.63) is 76.8 Å². The Morgan fingerprint density at radius 2 is 1.59 bits per heavy atom. The number of halogens is 1. The normalized spacial score (nSPS) is 12.1. The standard InChI is InChI=1S/C24H21ClN2O5/c1-30-19-8-6-18(7-9-19)27-24(29)16-2-4-17(5-3-16)26-22(28)14-15-12-20(25)23-21(13-15)31-10-11-32-23/h2-9,12-13H,10-11,14H2,1H3,(H,26,28)(H,27,29). The van der Waals surface area contributed by atoms with Gasteiger partial charge in [-0.25, -0.2) is 0 Å². The molecule has 0 fully saturated rings. The Bertz CT molecular complexity index is 1130. The van der Waals surface area contributed by atoms with Crippen LogP contribution in [0.3, 0.4) is 0 Å². The van der Waals surface area contributed by atoms with Crippen LogP contribution in [0.25, 0.3) is 0 Å². The molecule has 0 aliphatic carbocycles. The van der Waals surface area contributed by atoms with Gasteiger partial charge in [0, 0.05) is 16.9 Å². The number of benzene rings is 3. The van der Waals surface area contributed by atoms with E-state index in [1.807, 2.05) is 0 Å². The van der Waals surface area contributed by atoms with E-state index in [2.05, 4.69) is 10.6 Å². The Kier molecular flexibility index (Phi) is 6.47. The molecule has 3 aromatic rings. The van der Waals surface area contributed by atoms with Crippen molar-refractivity contribution >= 4 is 34.8 Å². The Labute approximate surface area is 190 Å². The average molecular weight is 453 g/mol. The second-order valence-corrected chi connectivity index (χ2v) is 7.49. The molecule has 32 heavy (non-hydrogen) atoms. The van der Waals surface area contributed by atoms with Crippen LogP contribution in [0.15, 0.2) is 60.7 Å². The van der Waals surface area contributed by atoms with Gasteiger partial charge in [0.15, 0.2) is 11.5 Å². The number of carbonyl (C=O) groups is 2. The maximum Gasteiger partial charge on any atom is 0.255 e. The molecule has 0 radical (unpaired) electrons. The van der Waals surface area contributed by atoms with E-state index in [0.29, 0.717) is 58.0 Å². The monoisotopic (exact) mass is 452 g/mol. The molecular formula is C24H21ClN2O5. The van der Waals surface area contributed by atoms with Crippen LogP contribution in [0, 0.1) is 0 Å². The van der Waals surface area contributed by atoms with E-state index in [0.717, 1.165) is 0 Å². The van der Waals surface area contributed by atoms with Gasteiger partial charge in [0.1, 0.15) is 19.0 Å². The van der Waals surface area contributed by atoms with Gasteiger partial charge in [0.05, 0.1) is 18.6 Å². The van der Waals surface area contributed by atoms with Crippen LogP contribution in [0.5, 0.6) is 17.2 Å². The molecular weight excluding hydrogens is 432 g/mol. The van der Waals surface area contributed by atoms with Crippen LogP contribution in [0.1, 0.15) is 15.9 Å². The second-order valence-electron chi connectivity index (χ2n) is 7.09. The number of hydrogen-bond donors (Lipinski definition) is 2. The van der Waals surface area contributed by atoms with Crippen LogP contribution in [0.4, 0.5) is 11.4 Å². The molecule has 3 aromatic carbocycles. The molecule has 1 aliphatic rings. The third kappa shape index (κ3) is 5.12. The molecule has 2 N–H and O–H groups in total. The van der Waals surface area contributed by atoms with Crippen LogP contribution >= 0.6 is 11.6 Å². The van der Waals surface area contributed by atoms with Crippen molar-refractivity contribution in [1.29, 1.82) is 0 Å². The van der Waals surface area contributed by atoms with Gasteiger partial charge in [-0.1, -0.05) is 11.6 Å². The van der Waals surface area contributed by atoms with Gasteiger partial charge >= 0.3 is 0 Å². The SMILES string of the molecule is COc1ccc(NC(=O)c2ccc(NC(=O)Cc3cc(Cl)c4c(c3)OCCO4)cc2)cc1. The number of amides is 2. The zero-order valence-corrected chi connectivity index (χ0v) is 18.1. The van der Waals surface area contributed by atoms with E-state index < -0.39 is 0 Å². The highest BCUT2D eigenvalue weighted by Gasteiger charge is 2.18. The van der Waals surface area contributed by atoms with Crippen molar-refractivity contribution in [3.8, 4) is 17.2 Å². The fourth-order valence-corrected chi connectivity index (χ4v) is 3.53. The fraction of sp³-hybridized carbons (Fsp3) is 0.167. The number of ether oxygens (including phenoxy) is 3. The lowest BCUT2D eigenvalue weighted by Crippen LogP contribution is -2.17. The summed E-state index contributed by atoms with van der Waals surface area (Å²) >= 11 is 6.23. The zero-order chi connectivity index (χ0) is 22.5. The molecule has 8 heteroatoms. The summed E-state index contributed by atoms with van der Waals surface area (Å²) in [5, 5.41) is 6.05. The van der Waals surface area contributed by atoms with Crippen molar-refractivity contribution in [2.75, 3.05) is 31.0 Å². The van der Waals surface area contributed by atoms with E-state index >= 15 is 0 Å². The Hall–Kier alpha value is -3.71. The minimum Gasteiger partial charge on any atom is -0.497 e. The largest absolute Gasteiger partial charge is 0.497 e. The van der Waals surface area contributed by atoms with Gasteiger partial charge in [-0.05, 0) is 66.2 Å².